The van der Waals surface area contributed by atoms with Gasteiger partial charge in [-0.25, -0.2) is 9.59 Å². The second-order valence-corrected chi connectivity index (χ2v) is 10.5. The molecule has 1 aliphatic heterocycles. The standard InChI is InChI=1S/C27H40O9/c1-10-16(6)25(31)34-20-13-21-27(9,36-21)24(33-17(7)28)23(35-22(30)11-14(2)3)18(15(4)5)12-19(29)26(20,8)32/h10-11,18-21,23-24,29,32H,4,12-13H2,1-3,5-9H3. The van der Waals surface area contributed by atoms with Gasteiger partial charge in [0.1, 0.15) is 23.4 Å². The summed E-state index contributed by atoms with van der Waals surface area (Å²) in [5, 5.41) is 22.6. The van der Waals surface area contributed by atoms with Crippen LogP contribution in [-0.2, 0) is 33.3 Å². The van der Waals surface area contributed by atoms with Crippen LogP contribution < -0.4 is 0 Å². The predicted octanol–water partition coefficient (Wildman–Crippen LogP) is 2.93. The van der Waals surface area contributed by atoms with E-state index in [1.165, 1.54) is 19.9 Å². The number of aliphatic hydroxyl groups excluding tert-OH is 1. The van der Waals surface area contributed by atoms with Gasteiger partial charge in [0.05, 0.1) is 12.2 Å². The first-order valence-corrected chi connectivity index (χ1v) is 12.1. The fourth-order valence-electron chi connectivity index (χ4n) is 4.50. The summed E-state index contributed by atoms with van der Waals surface area (Å²) in [6, 6.07) is 0. The molecule has 0 aromatic rings. The van der Waals surface area contributed by atoms with Gasteiger partial charge in [-0.15, -0.1) is 0 Å². The monoisotopic (exact) mass is 508 g/mol. The van der Waals surface area contributed by atoms with E-state index in [1.54, 1.807) is 47.6 Å². The van der Waals surface area contributed by atoms with Crippen molar-refractivity contribution in [2.24, 2.45) is 5.92 Å². The van der Waals surface area contributed by atoms with Gasteiger partial charge in [0.25, 0.3) is 0 Å². The van der Waals surface area contributed by atoms with Crippen LogP contribution in [0.4, 0.5) is 0 Å². The van der Waals surface area contributed by atoms with E-state index in [0.29, 0.717) is 16.7 Å². The van der Waals surface area contributed by atoms with Crippen molar-refractivity contribution in [2.45, 2.75) is 110 Å². The topological polar surface area (TPSA) is 132 Å². The molecule has 8 atom stereocenters. The molecule has 2 rings (SSSR count). The van der Waals surface area contributed by atoms with E-state index in [0.717, 1.165) is 0 Å². The van der Waals surface area contributed by atoms with Gasteiger partial charge in [0.15, 0.2) is 6.10 Å². The van der Waals surface area contributed by atoms with E-state index in [2.05, 4.69) is 6.58 Å². The van der Waals surface area contributed by atoms with Crippen LogP contribution in [0.15, 0.2) is 35.5 Å². The van der Waals surface area contributed by atoms with Crippen LogP contribution in [0, 0.1) is 5.92 Å². The Morgan fingerprint density at radius 2 is 1.64 bits per heavy atom. The summed E-state index contributed by atoms with van der Waals surface area (Å²) >= 11 is 0. The van der Waals surface area contributed by atoms with Crippen LogP contribution in [-0.4, -0.2) is 69.8 Å². The number of hydrogen-bond donors (Lipinski definition) is 2. The van der Waals surface area contributed by atoms with E-state index in [1.807, 2.05) is 0 Å². The highest BCUT2D eigenvalue weighted by molar-refractivity contribution is 5.87. The smallest absolute Gasteiger partial charge is 0.333 e. The third-order valence-electron chi connectivity index (χ3n) is 7.06. The van der Waals surface area contributed by atoms with Crippen molar-refractivity contribution in [2.75, 3.05) is 0 Å². The van der Waals surface area contributed by atoms with Gasteiger partial charge >= 0.3 is 17.9 Å². The van der Waals surface area contributed by atoms with E-state index in [-0.39, 0.29) is 12.8 Å². The Balaban J connectivity index is 2.59. The number of carbonyl (C=O) groups excluding carboxylic acids is 3. The predicted molar refractivity (Wildman–Crippen MR) is 132 cm³/mol. The summed E-state index contributed by atoms with van der Waals surface area (Å²) in [6.07, 6.45) is -2.44. The lowest BCUT2D eigenvalue weighted by Crippen LogP contribution is -2.57. The molecule has 2 fully saturated rings. The highest BCUT2D eigenvalue weighted by atomic mass is 16.7. The summed E-state index contributed by atoms with van der Waals surface area (Å²) in [6.45, 7) is 16.8. The summed E-state index contributed by atoms with van der Waals surface area (Å²) in [5.41, 5.74) is -1.37. The van der Waals surface area contributed by atoms with Crippen molar-refractivity contribution in [1.82, 2.24) is 0 Å². The molecular weight excluding hydrogens is 468 g/mol. The van der Waals surface area contributed by atoms with Crippen molar-refractivity contribution in [3.05, 3.63) is 35.5 Å². The molecule has 1 saturated heterocycles. The molecule has 8 unspecified atom stereocenters. The van der Waals surface area contributed by atoms with Crippen molar-refractivity contribution in [1.29, 1.82) is 0 Å². The van der Waals surface area contributed by atoms with Gasteiger partial charge in [0, 0.05) is 30.9 Å². The summed E-state index contributed by atoms with van der Waals surface area (Å²) in [4.78, 5) is 37.4. The molecule has 36 heavy (non-hydrogen) atoms. The van der Waals surface area contributed by atoms with Gasteiger partial charge in [-0.2, -0.15) is 0 Å². The van der Waals surface area contributed by atoms with Crippen LogP contribution in [0.5, 0.6) is 0 Å². The molecule has 2 N–H and O–H groups in total. The van der Waals surface area contributed by atoms with Gasteiger partial charge in [0.2, 0.25) is 0 Å². The maximum atomic E-state index is 12.7. The average Bonchev–Trinajstić information content (AvgIpc) is 3.41. The molecule has 202 valence electrons. The second-order valence-electron chi connectivity index (χ2n) is 10.5. The minimum Gasteiger partial charge on any atom is -0.456 e. The van der Waals surface area contributed by atoms with Crippen molar-refractivity contribution in [3.8, 4) is 0 Å². The zero-order valence-electron chi connectivity index (χ0n) is 22.5. The van der Waals surface area contributed by atoms with Crippen LogP contribution >= 0.6 is 0 Å². The van der Waals surface area contributed by atoms with Crippen LogP contribution in [0.3, 0.4) is 0 Å². The molecule has 2 aliphatic rings. The maximum Gasteiger partial charge on any atom is 0.333 e. The van der Waals surface area contributed by atoms with Gasteiger partial charge < -0.3 is 29.2 Å². The molecule has 9 nitrogen and oxygen atoms in total. The zero-order valence-corrected chi connectivity index (χ0v) is 22.5. The highest BCUT2D eigenvalue weighted by Crippen LogP contribution is 2.49. The van der Waals surface area contributed by atoms with Gasteiger partial charge in [-0.3, -0.25) is 4.79 Å². The number of esters is 3. The fraction of sp³-hybridized carbons (Fsp3) is 0.667. The van der Waals surface area contributed by atoms with E-state index < -0.39 is 65.5 Å². The Bertz CT molecular complexity index is 943. The van der Waals surface area contributed by atoms with E-state index >= 15 is 0 Å². The molecular formula is C27H40O9. The first-order valence-electron chi connectivity index (χ1n) is 12.1. The number of fused-ring (bicyclic) bond motifs is 1. The molecule has 0 bridgehead atoms. The third-order valence-corrected chi connectivity index (χ3v) is 7.06. The Morgan fingerprint density at radius 1 is 1.03 bits per heavy atom. The summed E-state index contributed by atoms with van der Waals surface area (Å²) in [5.74, 6) is -2.60. The Hall–Kier alpha value is -2.49. The Labute approximate surface area is 213 Å². The lowest BCUT2D eigenvalue weighted by Gasteiger charge is -2.41. The lowest BCUT2D eigenvalue weighted by molar-refractivity contribution is -0.187. The summed E-state index contributed by atoms with van der Waals surface area (Å²) < 4.78 is 23.1. The van der Waals surface area contributed by atoms with E-state index in [4.69, 9.17) is 18.9 Å². The second kappa shape index (κ2) is 11.3. The Kier molecular flexibility index (Phi) is 9.31. The zero-order chi connectivity index (χ0) is 27.6. The van der Waals surface area contributed by atoms with E-state index in [9.17, 15) is 24.6 Å². The molecule has 0 aromatic carbocycles. The number of rotatable bonds is 6. The molecule has 0 amide bonds. The average molecular weight is 509 g/mol. The number of hydrogen-bond acceptors (Lipinski definition) is 9. The minimum atomic E-state index is -1.87. The Morgan fingerprint density at radius 3 is 2.14 bits per heavy atom. The molecule has 1 saturated carbocycles. The molecule has 0 aromatic heterocycles. The number of aliphatic hydroxyl groups is 2. The number of carbonyl (C=O) groups is 3. The molecule has 1 heterocycles. The highest BCUT2D eigenvalue weighted by Gasteiger charge is 2.66. The first kappa shape index (κ1) is 29.7. The fourth-order valence-corrected chi connectivity index (χ4v) is 4.50. The maximum absolute atomic E-state index is 12.7. The summed E-state index contributed by atoms with van der Waals surface area (Å²) in [7, 11) is 0. The minimum absolute atomic E-state index is 0.0213. The SMILES string of the molecule is C=C(C)C1CC(O)C(C)(O)C(OC(=O)C(C)=CC)CC2OC2(C)C(OC(C)=O)C1OC(=O)C=C(C)C. The van der Waals surface area contributed by atoms with Crippen LogP contribution in [0.2, 0.25) is 0 Å². The number of epoxide rings is 1. The normalized spacial score (nSPS) is 36.6. The largest absolute Gasteiger partial charge is 0.456 e. The number of ether oxygens (including phenoxy) is 4. The van der Waals surface area contributed by atoms with Crippen molar-refractivity contribution in [3.63, 3.8) is 0 Å². The number of allylic oxidation sites excluding steroid dienone is 2. The quantitative estimate of drug-likeness (QED) is 0.183. The van der Waals surface area contributed by atoms with Gasteiger partial charge in [-0.05, 0) is 54.9 Å². The van der Waals surface area contributed by atoms with Crippen molar-refractivity contribution < 1.29 is 43.5 Å². The third kappa shape index (κ3) is 6.63. The van der Waals surface area contributed by atoms with Crippen molar-refractivity contribution >= 4 is 17.9 Å². The molecule has 0 spiro atoms. The molecule has 1 aliphatic carbocycles. The molecule has 9 heteroatoms. The molecule has 0 radical (unpaired) electrons. The van der Waals surface area contributed by atoms with Crippen LogP contribution in [0.1, 0.15) is 68.2 Å². The lowest BCUT2D eigenvalue weighted by atomic mass is 9.75. The van der Waals surface area contributed by atoms with Gasteiger partial charge in [-0.1, -0.05) is 23.8 Å². The first-order chi connectivity index (χ1) is 16.5. The van der Waals surface area contributed by atoms with Crippen LogP contribution in [0.25, 0.3) is 0 Å².